The van der Waals surface area contributed by atoms with Crippen molar-refractivity contribution in [2.75, 3.05) is 6.54 Å². The first-order valence-corrected chi connectivity index (χ1v) is 6.52. The van der Waals surface area contributed by atoms with Gasteiger partial charge in [-0.05, 0) is 44.1 Å². The van der Waals surface area contributed by atoms with Gasteiger partial charge in [0.1, 0.15) is 0 Å². The molecular formula is C13H18ClN3O. The minimum Gasteiger partial charge on any atom is -0.453 e. The summed E-state index contributed by atoms with van der Waals surface area (Å²) in [7, 11) is 0. The van der Waals surface area contributed by atoms with Crippen LogP contribution in [0.3, 0.4) is 0 Å². The normalized spacial score (nSPS) is 13.2. The van der Waals surface area contributed by atoms with E-state index < -0.39 is 0 Å². The van der Waals surface area contributed by atoms with Gasteiger partial charge >= 0.3 is 0 Å². The largest absolute Gasteiger partial charge is 0.453 e. The quantitative estimate of drug-likeness (QED) is 0.903. The van der Waals surface area contributed by atoms with E-state index >= 15 is 0 Å². The van der Waals surface area contributed by atoms with E-state index in [1.165, 1.54) is 0 Å². The smallest absolute Gasteiger partial charge is 0.198 e. The fourth-order valence-electron chi connectivity index (χ4n) is 2.07. The Morgan fingerprint density at radius 3 is 2.78 bits per heavy atom. The molecule has 0 saturated heterocycles. The number of hydrogen-bond donors (Lipinski definition) is 1. The monoisotopic (exact) mass is 267 g/mol. The van der Waals surface area contributed by atoms with Crippen LogP contribution in [0.2, 0.25) is 5.22 Å². The van der Waals surface area contributed by atoms with E-state index in [0.717, 1.165) is 17.8 Å². The summed E-state index contributed by atoms with van der Waals surface area (Å²) in [5.74, 6) is 0. The van der Waals surface area contributed by atoms with E-state index in [9.17, 15) is 0 Å². The maximum absolute atomic E-state index is 6.08. The molecule has 0 aliphatic heterocycles. The highest BCUT2D eigenvalue weighted by molar-refractivity contribution is 6.29. The molecule has 5 heteroatoms. The maximum atomic E-state index is 6.08. The third-order valence-electron chi connectivity index (χ3n) is 2.85. The molecular weight excluding hydrogens is 250 g/mol. The van der Waals surface area contributed by atoms with E-state index in [-0.39, 0.29) is 6.04 Å². The summed E-state index contributed by atoms with van der Waals surface area (Å²) < 4.78 is 7.18. The zero-order valence-corrected chi connectivity index (χ0v) is 11.6. The highest BCUT2D eigenvalue weighted by atomic mass is 35.5. The number of rotatable bonds is 5. The van der Waals surface area contributed by atoms with Crippen molar-refractivity contribution in [2.24, 2.45) is 0 Å². The molecule has 0 spiro atoms. The molecule has 98 valence electrons. The zero-order chi connectivity index (χ0) is 13.1. The van der Waals surface area contributed by atoms with E-state index in [1.54, 1.807) is 6.26 Å². The first kappa shape index (κ1) is 13.2. The summed E-state index contributed by atoms with van der Waals surface area (Å²) in [5, 5.41) is 8.21. The van der Waals surface area contributed by atoms with Crippen LogP contribution in [0.15, 0.2) is 29.0 Å². The van der Waals surface area contributed by atoms with Crippen molar-refractivity contribution in [2.45, 2.75) is 32.9 Å². The van der Waals surface area contributed by atoms with Crippen LogP contribution in [-0.2, 0) is 0 Å². The number of furan rings is 1. The molecule has 0 aliphatic rings. The summed E-state index contributed by atoms with van der Waals surface area (Å²) >= 11 is 6.08. The van der Waals surface area contributed by atoms with Gasteiger partial charge in [-0.3, -0.25) is 4.68 Å². The van der Waals surface area contributed by atoms with Crippen LogP contribution < -0.4 is 5.32 Å². The van der Waals surface area contributed by atoms with Crippen LogP contribution in [0.25, 0.3) is 0 Å². The zero-order valence-electron chi connectivity index (χ0n) is 10.9. The molecule has 0 amide bonds. The topological polar surface area (TPSA) is 43.0 Å². The molecule has 1 N–H and O–H groups in total. The molecule has 2 aromatic heterocycles. The molecule has 0 fully saturated rings. The molecule has 4 nitrogen and oxygen atoms in total. The van der Waals surface area contributed by atoms with Gasteiger partial charge in [0.2, 0.25) is 0 Å². The highest BCUT2D eigenvalue weighted by Gasteiger charge is 2.22. The first-order chi connectivity index (χ1) is 8.65. The number of halogens is 1. The van der Waals surface area contributed by atoms with Gasteiger partial charge in [-0.25, -0.2) is 0 Å². The van der Waals surface area contributed by atoms with E-state index in [4.69, 9.17) is 16.0 Å². The highest BCUT2D eigenvalue weighted by Crippen LogP contribution is 2.30. The Labute approximate surface area is 112 Å². The van der Waals surface area contributed by atoms with Crippen LogP contribution in [0.5, 0.6) is 0 Å². The van der Waals surface area contributed by atoms with Crippen molar-refractivity contribution < 1.29 is 4.42 Å². The first-order valence-electron chi connectivity index (χ1n) is 6.14. The molecule has 2 rings (SSSR count). The van der Waals surface area contributed by atoms with Crippen molar-refractivity contribution in [1.29, 1.82) is 0 Å². The van der Waals surface area contributed by atoms with Crippen LogP contribution in [-0.4, -0.2) is 16.3 Å². The van der Waals surface area contributed by atoms with Gasteiger partial charge in [0.05, 0.1) is 18.0 Å². The summed E-state index contributed by atoms with van der Waals surface area (Å²) in [6.07, 6.45) is 3.42. The van der Waals surface area contributed by atoms with E-state index in [2.05, 4.69) is 31.2 Å². The molecule has 0 saturated carbocycles. The van der Waals surface area contributed by atoms with Gasteiger partial charge in [-0.1, -0.05) is 6.92 Å². The fourth-order valence-corrected chi connectivity index (χ4v) is 2.30. The molecule has 0 bridgehead atoms. The predicted octanol–water partition coefficient (Wildman–Crippen LogP) is 3.41. The van der Waals surface area contributed by atoms with Crippen LogP contribution in [0.1, 0.15) is 44.1 Å². The van der Waals surface area contributed by atoms with Gasteiger partial charge < -0.3 is 9.73 Å². The SMILES string of the molecule is CCNC(c1ccoc1Cl)c1ccnn1C(C)C. The molecule has 1 atom stereocenters. The number of hydrogen-bond acceptors (Lipinski definition) is 3. The van der Waals surface area contributed by atoms with Crippen molar-refractivity contribution in [1.82, 2.24) is 15.1 Å². The van der Waals surface area contributed by atoms with Crippen molar-refractivity contribution in [3.63, 3.8) is 0 Å². The molecule has 1 unspecified atom stereocenters. The molecule has 0 radical (unpaired) electrons. The molecule has 2 aromatic rings. The third kappa shape index (κ3) is 2.44. The van der Waals surface area contributed by atoms with Gasteiger partial charge in [-0.15, -0.1) is 0 Å². The van der Waals surface area contributed by atoms with Crippen LogP contribution in [0, 0.1) is 0 Å². The van der Waals surface area contributed by atoms with E-state index in [1.807, 2.05) is 23.0 Å². The fraction of sp³-hybridized carbons (Fsp3) is 0.462. The van der Waals surface area contributed by atoms with Crippen LogP contribution >= 0.6 is 11.6 Å². The summed E-state index contributed by atoms with van der Waals surface area (Å²) in [6, 6.07) is 4.22. The summed E-state index contributed by atoms with van der Waals surface area (Å²) in [4.78, 5) is 0. The van der Waals surface area contributed by atoms with Crippen molar-refractivity contribution in [3.8, 4) is 0 Å². The third-order valence-corrected chi connectivity index (χ3v) is 3.16. The molecule has 18 heavy (non-hydrogen) atoms. The van der Waals surface area contributed by atoms with Gasteiger partial charge in [0, 0.05) is 17.8 Å². The van der Waals surface area contributed by atoms with E-state index in [0.29, 0.717) is 11.3 Å². The second-order valence-electron chi connectivity index (χ2n) is 4.43. The average Bonchev–Trinajstić information content (AvgIpc) is 2.94. The molecule has 0 aliphatic carbocycles. The lowest BCUT2D eigenvalue weighted by Crippen LogP contribution is -2.25. The summed E-state index contributed by atoms with van der Waals surface area (Å²) in [5.41, 5.74) is 2.04. The number of aromatic nitrogens is 2. The molecule has 0 aromatic carbocycles. The molecule has 2 heterocycles. The maximum Gasteiger partial charge on any atom is 0.198 e. The van der Waals surface area contributed by atoms with Gasteiger partial charge in [-0.2, -0.15) is 5.10 Å². The number of nitrogens with zero attached hydrogens (tertiary/aromatic N) is 2. The second kappa shape index (κ2) is 5.59. The Kier molecular flexibility index (Phi) is 4.09. The summed E-state index contributed by atoms with van der Waals surface area (Å²) in [6.45, 7) is 7.12. The minimum atomic E-state index is 0.00569. The lowest BCUT2D eigenvalue weighted by Gasteiger charge is -2.20. The Morgan fingerprint density at radius 1 is 1.44 bits per heavy atom. The lowest BCUT2D eigenvalue weighted by molar-refractivity contribution is 0.473. The standard InChI is InChI=1S/C13H18ClN3O/c1-4-15-12(10-6-8-18-13(10)14)11-5-7-16-17(11)9(2)3/h5-9,12,15H,4H2,1-3H3. The Balaban J connectivity index is 2.42. The van der Waals surface area contributed by atoms with Crippen LogP contribution in [0.4, 0.5) is 0 Å². The van der Waals surface area contributed by atoms with Crippen molar-refractivity contribution >= 4 is 11.6 Å². The Bertz CT molecular complexity index is 504. The Hall–Kier alpha value is -1.26. The van der Waals surface area contributed by atoms with Gasteiger partial charge in [0.15, 0.2) is 5.22 Å². The average molecular weight is 268 g/mol. The Morgan fingerprint density at radius 2 is 2.22 bits per heavy atom. The minimum absolute atomic E-state index is 0.00569. The van der Waals surface area contributed by atoms with Crippen molar-refractivity contribution in [3.05, 3.63) is 41.1 Å². The lowest BCUT2D eigenvalue weighted by atomic mass is 10.1. The second-order valence-corrected chi connectivity index (χ2v) is 4.78. The number of nitrogens with one attached hydrogen (secondary N) is 1. The van der Waals surface area contributed by atoms with Gasteiger partial charge in [0.25, 0.3) is 0 Å². The predicted molar refractivity (Wildman–Crippen MR) is 71.8 cm³/mol.